The monoisotopic (exact) mass is 233 g/mol. The highest BCUT2D eigenvalue weighted by atomic mass is 16.2. The molecule has 90 valence electrons. The maximum absolute atomic E-state index is 12.0. The van der Waals surface area contributed by atoms with E-state index in [0.29, 0.717) is 6.42 Å². The molecule has 0 saturated carbocycles. The van der Waals surface area contributed by atoms with Gasteiger partial charge in [0.25, 0.3) is 0 Å². The lowest BCUT2D eigenvalue weighted by Crippen LogP contribution is -2.46. The van der Waals surface area contributed by atoms with Gasteiger partial charge in [-0.2, -0.15) is 0 Å². The zero-order valence-electron chi connectivity index (χ0n) is 9.43. The number of rotatable bonds is 2. The van der Waals surface area contributed by atoms with E-state index >= 15 is 0 Å². The molecule has 17 heavy (non-hydrogen) atoms. The third-order valence-corrected chi connectivity index (χ3v) is 2.90. The Morgan fingerprint density at radius 2 is 2.12 bits per heavy atom. The van der Waals surface area contributed by atoms with Crippen molar-refractivity contribution in [2.45, 2.75) is 18.9 Å². The SMILES string of the molecule is NC(=O)CN1C(=O)C(N)CCc2ccccc21. The van der Waals surface area contributed by atoms with Gasteiger partial charge in [-0.15, -0.1) is 0 Å². The van der Waals surface area contributed by atoms with E-state index in [1.54, 1.807) is 0 Å². The minimum absolute atomic E-state index is 0.121. The summed E-state index contributed by atoms with van der Waals surface area (Å²) in [5, 5.41) is 0. The molecule has 5 nitrogen and oxygen atoms in total. The molecule has 1 aliphatic heterocycles. The summed E-state index contributed by atoms with van der Waals surface area (Å²) in [6.07, 6.45) is 1.32. The summed E-state index contributed by atoms with van der Waals surface area (Å²) in [6, 6.07) is 6.92. The first-order chi connectivity index (χ1) is 8.09. The van der Waals surface area contributed by atoms with Crippen LogP contribution >= 0.6 is 0 Å². The molecule has 0 aromatic heterocycles. The number of carbonyl (C=O) groups excluding carboxylic acids is 2. The molecule has 2 rings (SSSR count). The van der Waals surface area contributed by atoms with Crippen LogP contribution in [-0.2, 0) is 16.0 Å². The number of hydrogen-bond donors (Lipinski definition) is 2. The number of fused-ring (bicyclic) bond motifs is 1. The molecular weight excluding hydrogens is 218 g/mol. The summed E-state index contributed by atoms with van der Waals surface area (Å²) >= 11 is 0. The Labute approximate surface area is 99.4 Å². The van der Waals surface area contributed by atoms with Gasteiger partial charge < -0.3 is 16.4 Å². The van der Waals surface area contributed by atoms with Crippen LogP contribution in [0.3, 0.4) is 0 Å². The van der Waals surface area contributed by atoms with Gasteiger partial charge in [0.2, 0.25) is 11.8 Å². The van der Waals surface area contributed by atoms with Crippen LogP contribution in [0.1, 0.15) is 12.0 Å². The highest BCUT2D eigenvalue weighted by molar-refractivity contribution is 6.02. The molecule has 4 N–H and O–H groups in total. The average Bonchev–Trinajstić information content (AvgIpc) is 2.42. The van der Waals surface area contributed by atoms with E-state index in [9.17, 15) is 9.59 Å². The number of anilines is 1. The molecule has 2 amide bonds. The topological polar surface area (TPSA) is 89.4 Å². The third-order valence-electron chi connectivity index (χ3n) is 2.90. The molecular formula is C12H15N3O2. The van der Waals surface area contributed by atoms with Gasteiger partial charge in [0.05, 0.1) is 6.04 Å². The molecule has 1 heterocycles. The fourth-order valence-electron chi connectivity index (χ4n) is 2.06. The summed E-state index contributed by atoms with van der Waals surface area (Å²) in [4.78, 5) is 24.5. The fourth-order valence-corrected chi connectivity index (χ4v) is 2.06. The van der Waals surface area contributed by atoms with Crippen LogP contribution in [0.5, 0.6) is 0 Å². The van der Waals surface area contributed by atoms with Crippen molar-refractivity contribution in [3.8, 4) is 0 Å². The zero-order valence-corrected chi connectivity index (χ0v) is 9.43. The Morgan fingerprint density at radius 1 is 1.41 bits per heavy atom. The maximum atomic E-state index is 12.0. The summed E-state index contributed by atoms with van der Waals surface area (Å²) in [6.45, 7) is -0.121. The van der Waals surface area contributed by atoms with Crippen LogP contribution in [0.25, 0.3) is 0 Å². The second-order valence-electron chi connectivity index (χ2n) is 4.16. The highest BCUT2D eigenvalue weighted by Crippen LogP contribution is 2.26. The lowest BCUT2D eigenvalue weighted by atomic mass is 10.1. The van der Waals surface area contributed by atoms with Crippen LogP contribution in [0.15, 0.2) is 24.3 Å². The number of aryl methyl sites for hydroxylation is 1. The van der Waals surface area contributed by atoms with E-state index in [-0.39, 0.29) is 12.5 Å². The van der Waals surface area contributed by atoms with E-state index in [1.165, 1.54) is 4.90 Å². The Balaban J connectivity index is 2.43. The zero-order chi connectivity index (χ0) is 12.4. The lowest BCUT2D eigenvalue weighted by Gasteiger charge is -2.23. The van der Waals surface area contributed by atoms with E-state index in [1.807, 2.05) is 24.3 Å². The van der Waals surface area contributed by atoms with Gasteiger partial charge in [0.15, 0.2) is 0 Å². The molecule has 5 heteroatoms. The van der Waals surface area contributed by atoms with Gasteiger partial charge in [-0.05, 0) is 24.5 Å². The molecule has 0 radical (unpaired) electrons. The molecule has 1 unspecified atom stereocenters. The number of carbonyl (C=O) groups is 2. The summed E-state index contributed by atoms with van der Waals surface area (Å²) in [5.41, 5.74) is 12.7. The van der Waals surface area contributed by atoms with E-state index in [2.05, 4.69) is 0 Å². The number of amides is 2. The first-order valence-electron chi connectivity index (χ1n) is 5.53. The second kappa shape index (κ2) is 4.55. The summed E-state index contributed by atoms with van der Waals surface area (Å²) < 4.78 is 0. The normalized spacial score (nSPS) is 19.7. The first-order valence-corrected chi connectivity index (χ1v) is 5.53. The third kappa shape index (κ3) is 2.29. The van der Waals surface area contributed by atoms with Crippen LogP contribution in [0.4, 0.5) is 5.69 Å². The standard InChI is InChI=1S/C12H15N3O2/c13-9-6-5-8-3-1-2-4-10(8)15(12(9)17)7-11(14)16/h1-4,9H,5-7,13H2,(H2,14,16). The van der Waals surface area contributed by atoms with E-state index < -0.39 is 11.9 Å². The van der Waals surface area contributed by atoms with Gasteiger partial charge in [0.1, 0.15) is 6.54 Å². The lowest BCUT2D eigenvalue weighted by molar-refractivity contribution is -0.123. The minimum Gasteiger partial charge on any atom is -0.368 e. The molecule has 1 atom stereocenters. The number of nitrogens with two attached hydrogens (primary N) is 2. The van der Waals surface area contributed by atoms with Gasteiger partial charge in [-0.3, -0.25) is 9.59 Å². The Kier molecular flexibility index (Phi) is 3.10. The van der Waals surface area contributed by atoms with Crippen molar-refractivity contribution < 1.29 is 9.59 Å². The number of primary amides is 1. The predicted molar refractivity (Wildman–Crippen MR) is 64.3 cm³/mol. The number of nitrogens with zero attached hydrogens (tertiary/aromatic N) is 1. The molecule has 0 fully saturated rings. The number of para-hydroxylation sites is 1. The highest BCUT2D eigenvalue weighted by Gasteiger charge is 2.28. The first kappa shape index (κ1) is 11.6. The van der Waals surface area contributed by atoms with Crippen molar-refractivity contribution in [2.75, 3.05) is 11.4 Å². The molecule has 1 aromatic rings. The fraction of sp³-hybridized carbons (Fsp3) is 0.333. The number of hydrogen-bond acceptors (Lipinski definition) is 3. The van der Waals surface area contributed by atoms with Gasteiger partial charge in [-0.1, -0.05) is 18.2 Å². The van der Waals surface area contributed by atoms with Crippen molar-refractivity contribution in [1.82, 2.24) is 0 Å². The van der Waals surface area contributed by atoms with E-state index in [4.69, 9.17) is 11.5 Å². The average molecular weight is 233 g/mol. The van der Waals surface area contributed by atoms with Gasteiger partial charge in [-0.25, -0.2) is 0 Å². The second-order valence-corrected chi connectivity index (χ2v) is 4.16. The molecule has 0 bridgehead atoms. The van der Waals surface area contributed by atoms with Gasteiger partial charge >= 0.3 is 0 Å². The molecule has 1 aliphatic rings. The van der Waals surface area contributed by atoms with Crippen LogP contribution in [-0.4, -0.2) is 24.4 Å². The van der Waals surface area contributed by atoms with Crippen LogP contribution < -0.4 is 16.4 Å². The summed E-state index contributed by atoms with van der Waals surface area (Å²) in [5.74, 6) is -0.781. The number of benzene rings is 1. The van der Waals surface area contributed by atoms with Crippen LogP contribution in [0.2, 0.25) is 0 Å². The smallest absolute Gasteiger partial charge is 0.244 e. The van der Waals surface area contributed by atoms with Crippen molar-refractivity contribution >= 4 is 17.5 Å². The maximum Gasteiger partial charge on any atom is 0.244 e. The predicted octanol–water partition coefficient (Wildman–Crippen LogP) is -0.222. The summed E-state index contributed by atoms with van der Waals surface area (Å²) in [7, 11) is 0. The van der Waals surface area contributed by atoms with Crippen molar-refractivity contribution in [3.05, 3.63) is 29.8 Å². The van der Waals surface area contributed by atoms with Gasteiger partial charge in [0, 0.05) is 5.69 Å². The largest absolute Gasteiger partial charge is 0.368 e. The molecule has 0 spiro atoms. The van der Waals surface area contributed by atoms with Crippen molar-refractivity contribution in [1.29, 1.82) is 0 Å². The Bertz CT molecular complexity index is 459. The van der Waals surface area contributed by atoms with Crippen molar-refractivity contribution in [2.24, 2.45) is 11.5 Å². The minimum atomic E-state index is -0.568. The molecule has 0 aliphatic carbocycles. The molecule has 0 saturated heterocycles. The molecule has 1 aromatic carbocycles. The van der Waals surface area contributed by atoms with Crippen LogP contribution in [0, 0.1) is 0 Å². The quantitative estimate of drug-likeness (QED) is 0.740. The van der Waals surface area contributed by atoms with Crippen molar-refractivity contribution in [3.63, 3.8) is 0 Å². The Hall–Kier alpha value is -1.88. The Morgan fingerprint density at radius 3 is 2.82 bits per heavy atom. The van der Waals surface area contributed by atoms with E-state index in [0.717, 1.165) is 17.7 Å².